The van der Waals surface area contributed by atoms with E-state index in [0.717, 1.165) is 0 Å². The normalized spacial score (nSPS) is 12.8. The number of sulfone groups is 1. The van der Waals surface area contributed by atoms with Crippen molar-refractivity contribution in [3.05, 3.63) is 64.1 Å². The van der Waals surface area contributed by atoms with Crippen molar-refractivity contribution in [1.82, 2.24) is 0 Å². The highest BCUT2D eigenvalue weighted by Gasteiger charge is 2.18. The highest BCUT2D eigenvalue weighted by atomic mass is 35.5. The monoisotopic (exact) mass is 374 g/mol. The summed E-state index contributed by atoms with van der Waals surface area (Å²) >= 11 is 11.5. The molecule has 0 aliphatic rings. The van der Waals surface area contributed by atoms with Gasteiger partial charge in [0.1, 0.15) is 18.5 Å². The second-order valence-electron chi connectivity index (χ2n) is 5.10. The van der Waals surface area contributed by atoms with Crippen molar-refractivity contribution in [1.29, 1.82) is 0 Å². The molecule has 0 aliphatic heterocycles. The van der Waals surface area contributed by atoms with Crippen LogP contribution in [-0.2, 0) is 15.6 Å². The highest BCUT2D eigenvalue weighted by Crippen LogP contribution is 2.16. The van der Waals surface area contributed by atoms with Crippen LogP contribution in [0.4, 0.5) is 0 Å². The van der Waals surface area contributed by atoms with Crippen LogP contribution in [0, 0.1) is 0 Å². The van der Waals surface area contributed by atoms with E-state index in [1.54, 1.807) is 48.5 Å². The third-order valence-electron chi connectivity index (χ3n) is 3.00. The molecule has 4 nitrogen and oxygen atoms in total. The number of aliphatic hydroxyl groups is 1. The predicted molar refractivity (Wildman–Crippen MR) is 91.9 cm³/mol. The van der Waals surface area contributed by atoms with Crippen LogP contribution in [0.3, 0.4) is 0 Å². The summed E-state index contributed by atoms with van der Waals surface area (Å²) in [5.41, 5.74) is 0.625. The van der Waals surface area contributed by atoms with Crippen molar-refractivity contribution in [2.45, 2.75) is 11.9 Å². The lowest BCUT2D eigenvalue weighted by molar-refractivity contribution is 0.125. The Kier molecular flexibility index (Phi) is 6.30. The van der Waals surface area contributed by atoms with Crippen LogP contribution in [-0.4, -0.2) is 32.0 Å². The van der Waals surface area contributed by atoms with E-state index in [1.807, 2.05) is 0 Å². The Balaban J connectivity index is 1.86. The predicted octanol–water partition coefficient (Wildman–Crippen LogP) is 3.35. The average Bonchev–Trinajstić information content (AvgIpc) is 2.48. The molecule has 7 heteroatoms. The minimum atomic E-state index is -3.45. The van der Waals surface area contributed by atoms with Gasteiger partial charge in [0.05, 0.1) is 11.5 Å². The van der Waals surface area contributed by atoms with Gasteiger partial charge in [0.15, 0.2) is 9.84 Å². The summed E-state index contributed by atoms with van der Waals surface area (Å²) in [6, 6.07) is 13.2. The van der Waals surface area contributed by atoms with Gasteiger partial charge in [-0.25, -0.2) is 8.42 Å². The second kappa shape index (κ2) is 8.02. The van der Waals surface area contributed by atoms with Crippen LogP contribution in [0.25, 0.3) is 0 Å². The molecule has 0 saturated heterocycles. The maximum atomic E-state index is 12.1. The zero-order valence-corrected chi connectivity index (χ0v) is 14.5. The molecule has 23 heavy (non-hydrogen) atoms. The van der Waals surface area contributed by atoms with Gasteiger partial charge >= 0.3 is 0 Å². The fraction of sp³-hybridized carbons (Fsp3) is 0.250. The Morgan fingerprint density at radius 3 is 2.04 bits per heavy atom. The van der Waals surface area contributed by atoms with Gasteiger partial charge in [-0.15, -0.1) is 0 Å². The molecule has 0 heterocycles. The van der Waals surface area contributed by atoms with Crippen molar-refractivity contribution in [3.63, 3.8) is 0 Å². The topological polar surface area (TPSA) is 63.6 Å². The fourth-order valence-electron chi connectivity index (χ4n) is 1.96. The molecule has 0 aromatic heterocycles. The lowest BCUT2D eigenvalue weighted by atomic mass is 10.2. The third kappa shape index (κ3) is 6.39. The molecule has 1 unspecified atom stereocenters. The van der Waals surface area contributed by atoms with Crippen molar-refractivity contribution < 1.29 is 18.3 Å². The standard InChI is InChI=1S/C16H16Cl2O4S/c17-13-3-1-12(2-4-13)10-23(20,21)11-15(19)9-22-16-7-5-14(18)6-8-16/h1-8,15,19H,9-11H2. The van der Waals surface area contributed by atoms with Crippen LogP contribution in [0.2, 0.25) is 10.0 Å². The Hall–Kier alpha value is -1.27. The molecule has 0 spiro atoms. The summed E-state index contributed by atoms with van der Waals surface area (Å²) in [5, 5.41) is 11.0. The third-order valence-corrected chi connectivity index (χ3v) is 5.17. The van der Waals surface area contributed by atoms with Crippen molar-refractivity contribution >= 4 is 33.0 Å². The maximum absolute atomic E-state index is 12.1. The first-order valence-corrected chi connectivity index (χ1v) is 9.43. The zero-order chi connectivity index (χ0) is 16.9. The van der Waals surface area contributed by atoms with E-state index in [1.165, 1.54) is 0 Å². The van der Waals surface area contributed by atoms with Gasteiger partial charge in [-0.3, -0.25) is 0 Å². The molecule has 2 rings (SSSR count). The van der Waals surface area contributed by atoms with Gasteiger partial charge in [-0.05, 0) is 42.0 Å². The number of aliphatic hydroxyl groups excluding tert-OH is 1. The smallest absolute Gasteiger partial charge is 0.157 e. The highest BCUT2D eigenvalue weighted by molar-refractivity contribution is 7.90. The largest absolute Gasteiger partial charge is 0.491 e. The van der Waals surface area contributed by atoms with Crippen LogP contribution < -0.4 is 4.74 Å². The molecule has 0 bridgehead atoms. The summed E-state index contributed by atoms with van der Waals surface area (Å²) in [6.45, 7) is -0.110. The van der Waals surface area contributed by atoms with E-state index in [4.69, 9.17) is 27.9 Å². The van der Waals surface area contributed by atoms with Crippen LogP contribution >= 0.6 is 23.2 Å². The number of benzene rings is 2. The fourth-order valence-corrected chi connectivity index (χ4v) is 3.71. The van der Waals surface area contributed by atoms with Gasteiger partial charge in [-0.1, -0.05) is 35.3 Å². The maximum Gasteiger partial charge on any atom is 0.157 e. The second-order valence-corrected chi connectivity index (χ2v) is 8.08. The molecule has 2 aromatic rings. The molecule has 2 aromatic carbocycles. The quantitative estimate of drug-likeness (QED) is 0.806. The van der Waals surface area contributed by atoms with Gasteiger partial charge < -0.3 is 9.84 Å². The van der Waals surface area contributed by atoms with E-state index in [0.29, 0.717) is 21.4 Å². The first kappa shape index (κ1) is 18.1. The molecular weight excluding hydrogens is 359 g/mol. The molecule has 0 amide bonds. The zero-order valence-electron chi connectivity index (χ0n) is 12.2. The molecular formula is C16H16Cl2O4S. The number of rotatable bonds is 7. The van der Waals surface area contributed by atoms with E-state index in [2.05, 4.69) is 0 Å². The first-order chi connectivity index (χ1) is 10.8. The molecule has 0 saturated carbocycles. The average molecular weight is 375 g/mol. The summed E-state index contributed by atoms with van der Waals surface area (Å²) < 4.78 is 29.5. The van der Waals surface area contributed by atoms with Crippen molar-refractivity contribution in [3.8, 4) is 5.75 Å². The van der Waals surface area contributed by atoms with Crippen molar-refractivity contribution in [2.24, 2.45) is 0 Å². The minimum Gasteiger partial charge on any atom is -0.491 e. The molecule has 1 N–H and O–H groups in total. The molecule has 0 fully saturated rings. The van der Waals surface area contributed by atoms with Crippen LogP contribution in [0.1, 0.15) is 5.56 Å². The van der Waals surface area contributed by atoms with Gasteiger partial charge in [0.25, 0.3) is 0 Å². The van der Waals surface area contributed by atoms with Crippen LogP contribution in [0.5, 0.6) is 5.75 Å². The van der Waals surface area contributed by atoms with E-state index < -0.39 is 15.9 Å². The number of ether oxygens (including phenoxy) is 1. The van der Waals surface area contributed by atoms with E-state index >= 15 is 0 Å². The Morgan fingerprint density at radius 2 is 1.48 bits per heavy atom. The molecule has 124 valence electrons. The summed E-state index contributed by atoms with van der Waals surface area (Å²) in [6.07, 6.45) is -1.11. The molecule has 0 aliphatic carbocycles. The van der Waals surface area contributed by atoms with Crippen molar-refractivity contribution in [2.75, 3.05) is 12.4 Å². The number of hydrogen-bond acceptors (Lipinski definition) is 4. The summed E-state index contributed by atoms with van der Waals surface area (Å²) in [5.74, 6) is -0.00526. The van der Waals surface area contributed by atoms with Gasteiger partial charge in [0.2, 0.25) is 0 Å². The Bertz CT molecular complexity index is 728. The van der Waals surface area contributed by atoms with E-state index in [-0.39, 0.29) is 18.1 Å². The Labute approximate surface area is 145 Å². The van der Waals surface area contributed by atoms with E-state index in [9.17, 15) is 13.5 Å². The lowest BCUT2D eigenvalue weighted by Gasteiger charge is -2.13. The number of hydrogen-bond donors (Lipinski definition) is 1. The SMILES string of the molecule is O=S(=O)(Cc1ccc(Cl)cc1)CC(O)COc1ccc(Cl)cc1. The molecule has 0 radical (unpaired) electrons. The minimum absolute atomic E-state index is 0.110. The van der Waals surface area contributed by atoms with Gasteiger partial charge in [-0.2, -0.15) is 0 Å². The lowest BCUT2D eigenvalue weighted by Crippen LogP contribution is -2.27. The summed E-state index contributed by atoms with van der Waals surface area (Å²) in [4.78, 5) is 0. The van der Waals surface area contributed by atoms with Crippen LogP contribution in [0.15, 0.2) is 48.5 Å². The Morgan fingerprint density at radius 1 is 0.957 bits per heavy atom. The molecule has 1 atom stereocenters. The first-order valence-electron chi connectivity index (χ1n) is 6.85. The summed E-state index contributed by atoms with van der Waals surface area (Å²) in [7, 11) is -3.45. The van der Waals surface area contributed by atoms with Gasteiger partial charge in [0, 0.05) is 10.0 Å². The number of halogens is 2.